The fourth-order valence-electron chi connectivity index (χ4n) is 3.94. The van der Waals surface area contributed by atoms with Gasteiger partial charge in [-0.15, -0.1) is 0 Å². The van der Waals surface area contributed by atoms with Crippen molar-refractivity contribution in [3.63, 3.8) is 0 Å². The Morgan fingerprint density at radius 3 is 2.27 bits per heavy atom. The normalized spacial score (nSPS) is 11.3. The van der Waals surface area contributed by atoms with Gasteiger partial charge in [0, 0.05) is 52.3 Å². The lowest BCUT2D eigenvalue weighted by molar-refractivity contribution is 0.104. The number of carbonyl (C=O) groups excluding carboxylic acids is 1. The topological polar surface area (TPSA) is 81.8 Å². The molecule has 0 atom stereocenters. The van der Waals surface area contributed by atoms with Gasteiger partial charge in [0.2, 0.25) is 5.75 Å². The first-order valence-electron chi connectivity index (χ1n) is 11.4. The van der Waals surface area contributed by atoms with Gasteiger partial charge >= 0.3 is 0 Å². The maximum Gasteiger partial charge on any atom is 0.203 e. The number of rotatable bonds is 10. The largest absolute Gasteiger partial charge is 0.494 e. The molecule has 0 radical (unpaired) electrons. The van der Waals surface area contributed by atoms with Crippen molar-refractivity contribution in [3.8, 4) is 23.0 Å². The SMILES string of the molecule is COc1cc(NC=CC(=O)c2c[nH]c3ccccc23)c(C=Cc2cc(OC)c(OC)c(OC)c2)cc1F. The molecule has 0 aliphatic carbocycles. The lowest BCUT2D eigenvalue weighted by Gasteiger charge is -2.13. The van der Waals surface area contributed by atoms with Gasteiger partial charge in [0.15, 0.2) is 28.8 Å². The number of methoxy groups -OCH3 is 4. The molecule has 0 aliphatic rings. The van der Waals surface area contributed by atoms with E-state index in [1.165, 1.54) is 52.8 Å². The second kappa shape index (κ2) is 11.3. The average Bonchev–Trinajstić information content (AvgIpc) is 3.36. The number of H-pyrrole nitrogens is 1. The molecule has 37 heavy (non-hydrogen) atoms. The predicted molar refractivity (Wildman–Crippen MR) is 143 cm³/mol. The molecule has 0 aliphatic heterocycles. The van der Waals surface area contributed by atoms with Crippen LogP contribution in [0.15, 0.2) is 67.0 Å². The van der Waals surface area contributed by atoms with Gasteiger partial charge in [0.25, 0.3) is 0 Å². The molecular formula is C29H27FN2O5. The molecule has 4 rings (SSSR count). The fourth-order valence-corrected chi connectivity index (χ4v) is 3.94. The molecule has 1 heterocycles. The Balaban J connectivity index is 1.62. The van der Waals surface area contributed by atoms with Crippen molar-refractivity contribution in [1.29, 1.82) is 0 Å². The van der Waals surface area contributed by atoms with E-state index in [-0.39, 0.29) is 11.5 Å². The van der Waals surface area contributed by atoms with E-state index in [1.54, 1.807) is 30.5 Å². The standard InChI is InChI=1S/C29H27FN2O5/c1-34-26-16-24(31-12-11-25(33)21-17-32-23-8-6-5-7-20(21)23)19(15-22(26)30)10-9-18-13-27(35-2)29(37-4)28(14-18)36-3/h5-17,31-32H,1-4H3. The molecule has 190 valence electrons. The van der Waals surface area contributed by atoms with Crippen molar-refractivity contribution in [1.82, 2.24) is 4.98 Å². The van der Waals surface area contributed by atoms with Crippen LogP contribution in [0.5, 0.6) is 23.0 Å². The summed E-state index contributed by atoms with van der Waals surface area (Å²) in [5.41, 5.74) is 3.28. The molecule has 0 bridgehead atoms. The highest BCUT2D eigenvalue weighted by Gasteiger charge is 2.13. The van der Waals surface area contributed by atoms with Crippen LogP contribution in [-0.2, 0) is 0 Å². The Morgan fingerprint density at radius 2 is 1.59 bits per heavy atom. The number of allylic oxidation sites excluding steroid dienone is 1. The van der Waals surface area contributed by atoms with Crippen LogP contribution < -0.4 is 24.3 Å². The van der Waals surface area contributed by atoms with E-state index in [0.717, 1.165) is 16.5 Å². The molecule has 0 spiro atoms. The van der Waals surface area contributed by atoms with Crippen LogP contribution in [0.2, 0.25) is 0 Å². The highest BCUT2D eigenvalue weighted by Crippen LogP contribution is 2.39. The van der Waals surface area contributed by atoms with Crippen molar-refractivity contribution in [2.75, 3.05) is 33.8 Å². The summed E-state index contributed by atoms with van der Waals surface area (Å²) in [6.07, 6.45) is 8.16. The molecule has 7 nitrogen and oxygen atoms in total. The van der Waals surface area contributed by atoms with E-state index in [4.69, 9.17) is 18.9 Å². The van der Waals surface area contributed by atoms with Crippen LogP contribution in [0, 0.1) is 5.82 Å². The third-order valence-corrected chi connectivity index (χ3v) is 5.79. The summed E-state index contributed by atoms with van der Waals surface area (Å²) < 4.78 is 35.9. The van der Waals surface area contributed by atoms with Crippen LogP contribution in [-0.4, -0.2) is 39.2 Å². The number of aromatic amines is 1. The molecule has 0 saturated carbocycles. The van der Waals surface area contributed by atoms with Crippen molar-refractivity contribution in [2.45, 2.75) is 0 Å². The van der Waals surface area contributed by atoms with Gasteiger partial charge in [0.1, 0.15) is 0 Å². The third kappa shape index (κ3) is 5.43. The molecule has 4 aromatic rings. The van der Waals surface area contributed by atoms with E-state index in [1.807, 2.05) is 24.3 Å². The Kier molecular flexibility index (Phi) is 7.78. The summed E-state index contributed by atoms with van der Waals surface area (Å²) in [4.78, 5) is 15.9. The second-order valence-electron chi connectivity index (χ2n) is 7.96. The van der Waals surface area contributed by atoms with Crippen molar-refractivity contribution in [2.24, 2.45) is 0 Å². The number of para-hydroxylation sites is 1. The van der Waals surface area contributed by atoms with Crippen LogP contribution in [0.25, 0.3) is 23.1 Å². The van der Waals surface area contributed by atoms with Gasteiger partial charge in [0.05, 0.1) is 28.4 Å². The van der Waals surface area contributed by atoms with Gasteiger partial charge in [-0.1, -0.05) is 30.4 Å². The van der Waals surface area contributed by atoms with Gasteiger partial charge < -0.3 is 29.2 Å². The van der Waals surface area contributed by atoms with Gasteiger partial charge in [-0.05, 0) is 29.8 Å². The first-order valence-corrected chi connectivity index (χ1v) is 11.4. The molecule has 0 unspecified atom stereocenters. The summed E-state index contributed by atoms with van der Waals surface area (Å²) in [6.45, 7) is 0. The summed E-state index contributed by atoms with van der Waals surface area (Å²) >= 11 is 0. The number of hydrogen-bond acceptors (Lipinski definition) is 6. The first-order chi connectivity index (χ1) is 18.0. The fraction of sp³-hybridized carbons (Fsp3) is 0.138. The lowest BCUT2D eigenvalue weighted by Crippen LogP contribution is -1.98. The number of halogens is 1. The van der Waals surface area contributed by atoms with E-state index in [9.17, 15) is 9.18 Å². The average molecular weight is 503 g/mol. The number of ether oxygens (including phenoxy) is 4. The molecule has 0 saturated heterocycles. The first kappa shape index (κ1) is 25.4. The molecule has 0 fully saturated rings. The smallest absolute Gasteiger partial charge is 0.203 e. The Bertz CT molecular complexity index is 1460. The zero-order valence-corrected chi connectivity index (χ0v) is 20.9. The molecular weight excluding hydrogens is 475 g/mol. The number of aromatic nitrogens is 1. The zero-order valence-electron chi connectivity index (χ0n) is 20.9. The summed E-state index contributed by atoms with van der Waals surface area (Å²) in [5, 5.41) is 3.92. The number of hydrogen-bond donors (Lipinski definition) is 2. The Morgan fingerprint density at radius 1 is 0.892 bits per heavy atom. The van der Waals surface area contributed by atoms with Crippen LogP contribution in [0.4, 0.5) is 10.1 Å². The number of fused-ring (bicyclic) bond motifs is 1. The molecule has 0 amide bonds. The molecule has 1 aromatic heterocycles. The predicted octanol–water partition coefficient (Wildman–Crippen LogP) is 6.32. The van der Waals surface area contributed by atoms with Gasteiger partial charge in [-0.2, -0.15) is 0 Å². The Hall–Kier alpha value is -4.72. The molecule has 2 N–H and O–H groups in total. The van der Waals surface area contributed by atoms with Crippen LogP contribution >= 0.6 is 0 Å². The molecule has 3 aromatic carbocycles. The Labute approximate surface area is 214 Å². The minimum Gasteiger partial charge on any atom is -0.494 e. The number of benzene rings is 3. The molecule has 8 heteroatoms. The quantitative estimate of drug-likeness (QED) is 0.150. The maximum absolute atomic E-state index is 14.6. The monoisotopic (exact) mass is 502 g/mol. The summed E-state index contributed by atoms with van der Waals surface area (Å²) in [7, 11) is 6.00. The highest BCUT2D eigenvalue weighted by molar-refractivity contribution is 6.13. The number of anilines is 1. The maximum atomic E-state index is 14.6. The minimum absolute atomic E-state index is 0.0730. The van der Waals surface area contributed by atoms with Crippen molar-refractivity contribution in [3.05, 3.63) is 89.5 Å². The summed E-state index contributed by atoms with van der Waals surface area (Å²) in [6, 6.07) is 14.0. The number of nitrogens with one attached hydrogen (secondary N) is 2. The highest BCUT2D eigenvalue weighted by atomic mass is 19.1. The summed E-state index contributed by atoms with van der Waals surface area (Å²) in [5.74, 6) is 0.859. The van der Waals surface area contributed by atoms with E-state index in [2.05, 4.69) is 10.3 Å². The second-order valence-corrected chi connectivity index (χ2v) is 7.96. The van der Waals surface area contributed by atoms with E-state index >= 15 is 0 Å². The lowest BCUT2D eigenvalue weighted by atomic mass is 10.1. The van der Waals surface area contributed by atoms with Gasteiger partial charge in [-0.3, -0.25) is 4.79 Å². The van der Waals surface area contributed by atoms with Crippen molar-refractivity contribution < 1.29 is 28.1 Å². The number of ketones is 1. The van der Waals surface area contributed by atoms with Gasteiger partial charge in [-0.25, -0.2) is 4.39 Å². The van der Waals surface area contributed by atoms with E-state index in [0.29, 0.717) is 34.1 Å². The van der Waals surface area contributed by atoms with Crippen LogP contribution in [0.1, 0.15) is 21.5 Å². The van der Waals surface area contributed by atoms with Crippen molar-refractivity contribution >= 4 is 34.5 Å². The minimum atomic E-state index is -0.517. The zero-order chi connectivity index (χ0) is 26.4. The third-order valence-electron chi connectivity index (χ3n) is 5.79. The van der Waals surface area contributed by atoms with Crippen LogP contribution in [0.3, 0.4) is 0 Å². The van der Waals surface area contributed by atoms with E-state index < -0.39 is 5.82 Å². The number of carbonyl (C=O) groups is 1.